The van der Waals surface area contributed by atoms with Crippen molar-refractivity contribution in [2.24, 2.45) is 0 Å². The summed E-state index contributed by atoms with van der Waals surface area (Å²) in [6.07, 6.45) is 23.1. The molecular formula is C25H51NO3. The number of carbonyl (C=O) groups is 1. The molecule has 0 rings (SSSR count). The van der Waals surface area contributed by atoms with Crippen molar-refractivity contribution < 1.29 is 14.3 Å². The van der Waals surface area contributed by atoms with Gasteiger partial charge in [0.2, 0.25) is 0 Å². The van der Waals surface area contributed by atoms with Crippen LogP contribution in [0.4, 0.5) is 4.79 Å². The van der Waals surface area contributed by atoms with Crippen LogP contribution in [0.2, 0.25) is 0 Å². The van der Waals surface area contributed by atoms with Crippen molar-refractivity contribution in [2.45, 2.75) is 117 Å². The van der Waals surface area contributed by atoms with Crippen LogP contribution in [0, 0.1) is 0 Å². The fourth-order valence-corrected chi connectivity index (χ4v) is 3.27. The zero-order valence-corrected chi connectivity index (χ0v) is 18.7. The molecule has 0 saturated heterocycles. The van der Waals surface area contributed by atoms with Crippen molar-refractivity contribution in [3.05, 3.63) is 12.7 Å². The van der Waals surface area contributed by atoms with Gasteiger partial charge in [0, 0.05) is 6.54 Å². The lowest BCUT2D eigenvalue weighted by Gasteiger charge is -2.07. The van der Waals surface area contributed by atoms with Gasteiger partial charge in [0.05, 0.1) is 13.2 Å². The van der Waals surface area contributed by atoms with E-state index in [1.165, 1.54) is 96.3 Å². The minimum Gasteiger partial charge on any atom is -0.447 e. The lowest BCUT2D eigenvalue weighted by molar-refractivity contribution is 0.0853. The Kier molecular flexibility index (Phi) is 28.1. The van der Waals surface area contributed by atoms with Crippen LogP contribution in [0.3, 0.4) is 0 Å². The highest BCUT2D eigenvalue weighted by atomic mass is 16.6. The first kappa shape index (κ1) is 30.2. The summed E-state index contributed by atoms with van der Waals surface area (Å²) in [5.41, 5.74) is 0. The van der Waals surface area contributed by atoms with E-state index in [4.69, 9.17) is 9.47 Å². The molecule has 29 heavy (non-hydrogen) atoms. The SMILES string of the molecule is C.C=CCOCCOC(=O)NCCCCCCCCCCCCCCCCCC. The smallest absolute Gasteiger partial charge is 0.407 e. The predicted octanol–water partition coefficient (Wildman–Crippen LogP) is 7.81. The summed E-state index contributed by atoms with van der Waals surface area (Å²) < 4.78 is 10.2. The minimum atomic E-state index is -0.344. The van der Waals surface area contributed by atoms with Crippen LogP contribution in [0.5, 0.6) is 0 Å². The second-order valence-corrected chi connectivity index (χ2v) is 7.73. The van der Waals surface area contributed by atoms with Crippen molar-refractivity contribution >= 4 is 6.09 Å². The summed E-state index contributed by atoms with van der Waals surface area (Å²) >= 11 is 0. The summed E-state index contributed by atoms with van der Waals surface area (Å²) in [5, 5.41) is 2.79. The number of hydrogen-bond acceptors (Lipinski definition) is 3. The topological polar surface area (TPSA) is 47.6 Å². The molecular weight excluding hydrogens is 362 g/mol. The Labute approximate surface area is 182 Å². The van der Waals surface area contributed by atoms with Gasteiger partial charge in [-0.05, 0) is 6.42 Å². The second kappa shape index (κ2) is 27.0. The number of hydrogen-bond donors (Lipinski definition) is 1. The molecule has 0 aliphatic rings. The Balaban J connectivity index is 0. The van der Waals surface area contributed by atoms with Crippen LogP contribution in [-0.4, -0.2) is 32.5 Å². The van der Waals surface area contributed by atoms with Crippen LogP contribution in [0.25, 0.3) is 0 Å². The van der Waals surface area contributed by atoms with Gasteiger partial charge >= 0.3 is 6.09 Å². The molecule has 4 heteroatoms. The summed E-state index contributed by atoms with van der Waals surface area (Å²) in [5.74, 6) is 0. The van der Waals surface area contributed by atoms with Gasteiger partial charge < -0.3 is 14.8 Å². The lowest BCUT2D eigenvalue weighted by atomic mass is 10.0. The summed E-state index contributed by atoms with van der Waals surface area (Å²) in [7, 11) is 0. The number of unbranched alkanes of at least 4 members (excludes halogenated alkanes) is 15. The highest BCUT2D eigenvalue weighted by molar-refractivity contribution is 5.66. The van der Waals surface area contributed by atoms with E-state index >= 15 is 0 Å². The van der Waals surface area contributed by atoms with Crippen molar-refractivity contribution in [2.75, 3.05) is 26.4 Å². The Morgan fingerprint density at radius 1 is 0.759 bits per heavy atom. The minimum absolute atomic E-state index is 0. The molecule has 0 atom stereocenters. The monoisotopic (exact) mass is 413 g/mol. The molecule has 0 aliphatic heterocycles. The van der Waals surface area contributed by atoms with E-state index in [0.29, 0.717) is 26.4 Å². The van der Waals surface area contributed by atoms with Gasteiger partial charge in [-0.2, -0.15) is 0 Å². The first-order chi connectivity index (χ1) is 13.8. The van der Waals surface area contributed by atoms with Crippen molar-refractivity contribution in [3.8, 4) is 0 Å². The highest BCUT2D eigenvalue weighted by Gasteiger charge is 2.00. The average Bonchev–Trinajstić information content (AvgIpc) is 2.70. The Morgan fingerprint density at radius 2 is 1.21 bits per heavy atom. The fraction of sp³-hybridized carbons (Fsp3) is 0.880. The number of carbonyl (C=O) groups excluding carboxylic acids is 1. The molecule has 0 heterocycles. The standard InChI is InChI=1S/C24H47NO3.CH4/c1-3-5-6-7-8-9-10-11-12-13-14-15-16-17-18-19-20-25-24(26)28-23-22-27-21-4-2;/h4H,2-3,5-23H2,1H3,(H,25,26);1H4. The second-order valence-electron chi connectivity index (χ2n) is 7.73. The number of nitrogens with one attached hydrogen (secondary N) is 1. The van der Waals surface area contributed by atoms with E-state index in [1.807, 2.05) is 0 Å². The first-order valence-electron chi connectivity index (χ1n) is 11.9. The molecule has 0 saturated carbocycles. The fourth-order valence-electron chi connectivity index (χ4n) is 3.27. The summed E-state index contributed by atoms with van der Waals surface area (Å²) in [4.78, 5) is 11.4. The third-order valence-corrected chi connectivity index (χ3v) is 5.00. The quantitative estimate of drug-likeness (QED) is 0.145. The molecule has 0 aromatic carbocycles. The van der Waals surface area contributed by atoms with Crippen LogP contribution < -0.4 is 5.32 Å². The molecule has 4 nitrogen and oxygen atoms in total. The molecule has 0 unspecified atom stereocenters. The van der Waals surface area contributed by atoms with Crippen molar-refractivity contribution in [3.63, 3.8) is 0 Å². The van der Waals surface area contributed by atoms with Crippen LogP contribution in [-0.2, 0) is 9.47 Å². The molecule has 0 aliphatic carbocycles. The molecule has 0 spiro atoms. The maximum absolute atomic E-state index is 11.4. The van der Waals surface area contributed by atoms with Crippen LogP contribution in [0.1, 0.15) is 117 Å². The molecule has 0 bridgehead atoms. The molecule has 0 radical (unpaired) electrons. The van der Waals surface area contributed by atoms with Gasteiger partial charge in [0.25, 0.3) is 0 Å². The normalized spacial score (nSPS) is 10.4. The zero-order chi connectivity index (χ0) is 20.5. The molecule has 1 amide bonds. The average molecular weight is 414 g/mol. The van der Waals surface area contributed by atoms with Gasteiger partial charge in [-0.3, -0.25) is 0 Å². The first-order valence-corrected chi connectivity index (χ1v) is 11.9. The number of amides is 1. The lowest BCUT2D eigenvalue weighted by Crippen LogP contribution is -2.26. The largest absolute Gasteiger partial charge is 0.447 e. The Morgan fingerprint density at radius 3 is 1.66 bits per heavy atom. The van der Waals surface area contributed by atoms with Crippen molar-refractivity contribution in [1.29, 1.82) is 0 Å². The molecule has 0 aromatic rings. The molecule has 0 aromatic heterocycles. The molecule has 1 N–H and O–H groups in total. The maximum Gasteiger partial charge on any atom is 0.407 e. The summed E-state index contributed by atoms with van der Waals surface area (Å²) in [6.45, 7) is 7.73. The van der Waals surface area contributed by atoms with Gasteiger partial charge in [0.15, 0.2) is 0 Å². The molecule has 0 fully saturated rings. The van der Waals surface area contributed by atoms with Gasteiger partial charge in [-0.1, -0.05) is 117 Å². The molecule has 174 valence electrons. The van der Waals surface area contributed by atoms with Gasteiger partial charge in [-0.25, -0.2) is 4.79 Å². The van der Waals surface area contributed by atoms with E-state index in [9.17, 15) is 4.79 Å². The predicted molar refractivity (Wildman–Crippen MR) is 127 cm³/mol. The number of alkyl carbamates (subject to hydrolysis) is 1. The maximum atomic E-state index is 11.4. The number of ether oxygens (including phenoxy) is 2. The van der Waals surface area contributed by atoms with E-state index in [1.54, 1.807) is 6.08 Å². The van der Waals surface area contributed by atoms with Gasteiger partial charge in [0.1, 0.15) is 6.61 Å². The van der Waals surface area contributed by atoms with Gasteiger partial charge in [-0.15, -0.1) is 6.58 Å². The van der Waals surface area contributed by atoms with E-state index in [2.05, 4.69) is 18.8 Å². The number of rotatable bonds is 22. The zero-order valence-electron chi connectivity index (χ0n) is 18.7. The third-order valence-electron chi connectivity index (χ3n) is 5.00. The van der Waals surface area contributed by atoms with E-state index in [0.717, 1.165) is 6.42 Å². The van der Waals surface area contributed by atoms with E-state index < -0.39 is 0 Å². The summed E-state index contributed by atoms with van der Waals surface area (Å²) in [6, 6.07) is 0. The third kappa shape index (κ3) is 27.0. The Hall–Kier alpha value is -1.03. The van der Waals surface area contributed by atoms with E-state index in [-0.39, 0.29) is 13.5 Å². The van der Waals surface area contributed by atoms with Crippen LogP contribution in [0.15, 0.2) is 12.7 Å². The van der Waals surface area contributed by atoms with Crippen LogP contribution >= 0.6 is 0 Å². The highest BCUT2D eigenvalue weighted by Crippen LogP contribution is 2.13. The Bertz CT molecular complexity index is 334. The van der Waals surface area contributed by atoms with Crippen molar-refractivity contribution in [1.82, 2.24) is 5.32 Å².